The molecule has 2 unspecified atom stereocenters. The van der Waals surface area contributed by atoms with Crippen molar-refractivity contribution >= 4 is 50.9 Å². The van der Waals surface area contributed by atoms with Crippen molar-refractivity contribution in [3.05, 3.63) is 45.2 Å². The number of amides is 3. The highest BCUT2D eigenvalue weighted by Crippen LogP contribution is 2.29. The van der Waals surface area contributed by atoms with E-state index in [1.807, 2.05) is 13.0 Å². The van der Waals surface area contributed by atoms with E-state index >= 15 is 0 Å². The first kappa shape index (κ1) is 22.8. The number of β-amino-alcohol motifs (C(OH)–C–C–N with tert-alkyl or cyclic N) is 1. The van der Waals surface area contributed by atoms with Gasteiger partial charge in [-0.1, -0.05) is 11.3 Å². The number of nitrogens with zero attached hydrogens (tertiary/aromatic N) is 2. The number of aliphatic hydroxyl groups excluding tert-OH is 1. The first-order valence-corrected chi connectivity index (χ1v) is 12.0. The van der Waals surface area contributed by atoms with Crippen LogP contribution in [0.2, 0.25) is 0 Å². The molecule has 0 bridgehead atoms. The predicted molar refractivity (Wildman–Crippen MR) is 124 cm³/mol. The second kappa shape index (κ2) is 9.60. The minimum absolute atomic E-state index is 0.105. The highest BCUT2D eigenvalue weighted by atomic mass is 79.9. The number of rotatable bonds is 4. The molecule has 170 valence electrons. The van der Waals surface area contributed by atoms with Gasteiger partial charge in [-0.2, -0.15) is 0 Å². The van der Waals surface area contributed by atoms with Crippen molar-refractivity contribution in [3.63, 3.8) is 0 Å². The van der Waals surface area contributed by atoms with Gasteiger partial charge in [-0.05, 0) is 71.6 Å². The summed E-state index contributed by atoms with van der Waals surface area (Å²) in [5.74, 6) is -0.213. The number of hydrogen-bond acceptors (Lipinski definition) is 6. The highest BCUT2D eigenvalue weighted by molar-refractivity contribution is 9.11. The summed E-state index contributed by atoms with van der Waals surface area (Å²) in [5, 5.41) is 13.1. The Morgan fingerprint density at radius 2 is 2.06 bits per heavy atom. The first-order valence-electron chi connectivity index (χ1n) is 10.4. The fraction of sp³-hybridized carbons (Fsp3) is 0.409. The molecule has 0 radical (unpaired) electrons. The Kier molecular flexibility index (Phi) is 6.82. The molecular weight excluding hydrogens is 498 g/mol. The molecule has 10 heteroatoms. The molecule has 2 saturated heterocycles. The van der Waals surface area contributed by atoms with E-state index in [1.54, 1.807) is 34.1 Å². The number of hydrogen-bond donors (Lipinski definition) is 2. The van der Waals surface area contributed by atoms with Crippen LogP contribution >= 0.6 is 27.3 Å². The minimum atomic E-state index is -0.597. The maximum Gasteiger partial charge on any atom is 0.413 e. The van der Waals surface area contributed by atoms with Crippen LogP contribution in [-0.2, 0) is 4.79 Å². The standard InChI is InChI=1S/C22H24BrN3O5S/c1-13-9-15(4-5-17(13)21(29)25-8-2-3-16(27)12-25)26-11-14(10-19(26)28)24-22(30)31-20-7-6-18(23)32-20/h4-7,9,14,16,27H,2-3,8,10-12H2,1H3,(H,24,30). The first-order chi connectivity index (χ1) is 15.3. The van der Waals surface area contributed by atoms with Crippen molar-refractivity contribution in [2.45, 2.75) is 38.3 Å². The number of aliphatic hydroxyl groups is 1. The molecule has 0 saturated carbocycles. The van der Waals surface area contributed by atoms with Crippen molar-refractivity contribution in [2.75, 3.05) is 24.5 Å². The third kappa shape index (κ3) is 5.13. The predicted octanol–water partition coefficient (Wildman–Crippen LogP) is 3.31. The second-order valence-electron chi connectivity index (χ2n) is 8.04. The van der Waals surface area contributed by atoms with Gasteiger partial charge in [0.1, 0.15) is 0 Å². The molecule has 3 amide bonds. The molecule has 32 heavy (non-hydrogen) atoms. The highest BCUT2D eigenvalue weighted by Gasteiger charge is 2.33. The molecule has 0 aliphatic carbocycles. The number of halogens is 1. The Morgan fingerprint density at radius 1 is 1.25 bits per heavy atom. The number of nitrogens with one attached hydrogen (secondary N) is 1. The molecule has 0 spiro atoms. The number of piperidine rings is 1. The second-order valence-corrected chi connectivity index (χ2v) is 10.5. The van der Waals surface area contributed by atoms with Gasteiger partial charge in [-0.3, -0.25) is 9.59 Å². The van der Waals surface area contributed by atoms with Crippen molar-refractivity contribution < 1.29 is 24.2 Å². The van der Waals surface area contributed by atoms with Gasteiger partial charge in [0, 0.05) is 37.3 Å². The largest absolute Gasteiger partial charge is 0.413 e. The lowest BCUT2D eigenvalue weighted by Crippen LogP contribution is -2.42. The van der Waals surface area contributed by atoms with Crippen molar-refractivity contribution in [2.24, 2.45) is 0 Å². The van der Waals surface area contributed by atoms with Crippen LogP contribution in [0.1, 0.15) is 35.2 Å². The van der Waals surface area contributed by atoms with Crippen LogP contribution in [0.4, 0.5) is 10.5 Å². The third-order valence-corrected chi connectivity index (χ3v) is 7.13. The number of anilines is 1. The molecule has 2 atom stereocenters. The summed E-state index contributed by atoms with van der Waals surface area (Å²) in [6.45, 7) is 3.14. The van der Waals surface area contributed by atoms with Crippen LogP contribution < -0.4 is 15.0 Å². The molecular formula is C22H24BrN3O5S. The Bertz CT molecular complexity index is 1040. The van der Waals surface area contributed by atoms with Crippen LogP contribution in [-0.4, -0.2) is 59.7 Å². The summed E-state index contributed by atoms with van der Waals surface area (Å²) in [5.41, 5.74) is 2.01. The maximum atomic E-state index is 12.9. The van der Waals surface area contributed by atoms with Crippen molar-refractivity contribution in [1.29, 1.82) is 0 Å². The Morgan fingerprint density at radius 3 is 2.75 bits per heavy atom. The van der Waals surface area contributed by atoms with Gasteiger partial charge in [0.05, 0.1) is 15.9 Å². The monoisotopic (exact) mass is 521 g/mol. The van der Waals surface area contributed by atoms with Gasteiger partial charge in [-0.15, -0.1) is 0 Å². The van der Waals surface area contributed by atoms with Crippen LogP contribution in [0.5, 0.6) is 5.06 Å². The summed E-state index contributed by atoms with van der Waals surface area (Å²) in [7, 11) is 0. The van der Waals surface area contributed by atoms with E-state index in [0.717, 1.165) is 15.8 Å². The minimum Gasteiger partial charge on any atom is -0.399 e. The van der Waals surface area contributed by atoms with E-state index < -0.39 is 12.2 Å². The lowest BCUT2D eigenvalue weighted by molar-refractivity contribution is -0.117. The van der Waals surface area contributed by atoms with E-state index in [0.29, 0.717) is 42.4 Å². The number of likely N-dealkylation sites (tertiary alicyclic amines) is 1. The lowest BCUT2D eigenvalue weighted by Gasteiger charge is -2.30. The molecule has 2 fully saturated rings. The zero-order valence-corrected chi connectivity index (χ0v) is 19.9. The molecule has 1 aromatic carbocycles. The number of carbonyl (C=O) groups excluding carboxylic acids is 3. The number of carbonyl (C=O) groups is 3. The average molecular weight is 522 g/mol. The number of aryl methyl sites for hydroxylation is 1. The summed E-state index contributed by atoms with van der Waals surface area (Å²) in [4.78, 5) is 40.9. The Hall–Kier alpha value is -2.43. The van der Waals surface area contributed by atoms with Crippen LogP contribution in [0.3, 0.4) is 0 Å². The van der Waals surface area contributed by atoms with E-state index in [-0.39, 0.29) is 24.3 Å². The van der Waals surface area contributed by atoms with Gasteiger partial charge in [-0.25, -0.2) is 4.79 Å². The van der Waals surface area contributed by atoms with E-state index in [1.165, 1.54) is 11.3 Å². The van der Waals surface area contributed by atoms with Gasteiger partial charge in [0.2, 0.25) is 5.91 Å². The molecule has 2 aromatic rings. The lowest BCUT2D eigenvalue weighted by atomic mass is 10.0. The van der Waals surface area contributed by atoms with Crippen LogP contribution in [0, 0.1) is 6.92 Å². The van der Waals surface area contributed by atoms with Gasteiger partial charge in [0.25, 0.3) is 5.91 Å². The van der Waals surface area contributed by atoms with E-state index in [2.05, 4.69) is 21.2 Å². The zero-order valence-electron chi connectivity index (χ0n) is 17.5. The van der Waals surface area contributed by atoms with Gasteiger partial charge < -0.3 is 25.0 Å². The fourth-order valence-corrected chi connectivity index (χ4v) is 5.25. The topological polar surface area (TPSA) is 99.2 Å². The molecule has 1 aromatic heterocycles. The summed E-state index contributed by atoms with van der Waals surface area (Å²) in [6.07, 6.45) is 0.597. The number of thiophene rings is 1. The third-order valence-electron chi connectivity index (χ3n) is 5.62. The summed E-state index contributed by atoms with van der Waals surface area (Å²) in [6, 6.07) is 8.41. The van der Waals surface area contributed by atoms with Gasteiger partial charge in [0.15, 0.2) is 5.06 Å². The van der Waals surface area contributed by atoms with E-state index in [9.17, 15) is 19.5 Å². The molecule has 8 nitrogen and oxygen atoms in total. The van der Waals surface area contributed by atoms with Crippen LogP contribution in [0.25, 0.3) is 0 Å². The normalized spacial score (nSPS) is 21.0. The Balaban J connectivity index is 1.39. The quantitative estimate of drug-likeness (QED) is 0.642. The fourth-order valence-electron chi connectivity index (χ4n) is 4.06. The smallest absolute Gasteiger partial charge is 0.399 e. The van der Waals surface area contributed by atoms with E-state index in [4.69, 9.17) is 4.74 Å². The SMILES string of the molecule is Cc1cc(N2CC(NC(=O)Oc3ccc(Br)s3)CC2=O)ccc1C(=O)N1CCCC(O)C1. The maximum absolute atomic E-state index is 12.9. The van der Waals surface area contributed by atoms with Crippen LogP contribution in [0.15, 0.2) is 34.1 Å². The molecule has 2 N–H and O–H groups in total. The molecule has 3 heterocycles. The van der Waals surface area contributed by atoms with Gasteiger partial charge >= 0.3 is 6.09 Å². The van der Waals surface area contributed by atoms with Crippen molar-refractivity contribution in [3.8, 4) is 5.06 Å². The number of benzene rings is 1. The molecule has 4 rings (SSSR count). The summed E-state index contributed by atoms with van der Waals surface area (Å²) < 4.78 is 6.11. The zero-order chi connectivity index (χ0) is 22.8. The van der Waals surface area contributed by atoms with Crippen molar-refractivity contribution in [1.82, 2.24) is 10.2 Å². The number of ether oxygens (including phenoxy) is 1. The molecule has 2 aliphatic rings. The summed E-state index contributed by atoms with van der Waals surface area (Å²) >= 11 is 4.62. The molecule has 2 aliphatic heterocycles. The average Bonchev–Trinajstić information content (AvgIpc) is 3.32. The Labute approximate surface area is 198 Å².